The van der Waals surface area contributed by atoms with Crippen molar-refractivity contribution in [2.45, 2.75) is 26.8 Å². The molecule has 8 nitrogen and oxygen atoms in total. The lowest BCUT2D eigenvalue weighted by Gasteiger charge is -2.16. The Kier molecular flexibility index (Phi) is 5.63. The van der Waals surface area contributed by atoms with E-state index in [1.54, 1.807) is 35.9 Å². The van der Waals surface area contributed by atoms with Crippen LogP contribution in [0, 0.1) is 13.8 Å². The molecule has 0 aliphatic rings. The Labute approximate surface area is 146 Å². The first-order valence-corrected chi connectivity index (χ1v) is 7.84. The second-order valence-electron chi connectivity index (χ2n) is 5.72. The molecule has 134 valence electrons. The molecule has 1 heterocycles. The van der Waals surface area contributed by atoms with Crippen LogP contribution in [0.1, 0.15) is 18.3 Å². The molecule has 1 atom stereocenters. The van der Waals surface area contributed by atoms with Crippen molar-refractivity contribution in [3.8, 4) is 0 Å². The zero-order chi connectivity index (χ0) is 18.6. The van der Waals surface area contributed by atoms with Gasteiger partial charge in [0.1, 0.15) is 6.04 Å². The minimum absolute atomic E-state index is 0.157. The molecule has 0 unspecified atom stereocenters. The van der Waals surface area contributed by atoms with Crippen LogP contribution in [0.3, 0.4) is 0 Å². The predicted octanol–water partition coefficient (Wildman–Crippen LogP) is 2.65. The van der Waals surface area contributed by atoms with Crippen LogP contribution in [0.25, 0.3) is 0 Å². The van der Waals surface area contributed by atoms with Gasteiger partial charge in [-0.2, -0.15) is 5.10 Å². The molecule has 0 bridgehead atoms. The molecule has 3 N–H and O–H groups in total. The molecule has 8 heteroatoms. The van der Waals surface area contributed by atoms with Crippen LogP contribution in [0.15, 0.2) is 24.3 Å². The van der Waals surface area contributed by atoms with Crippen molar-refractivity contribution in [1.82, 2.24) is 9.78 Å². The minimum atomic E-state index is -0.532. The van der Waals surface area contributed by atoms with Gasteiger partial charge in [0.05, 0.1) is 24.2 Å². The number of hydrogen-bond donors (Lipinski definition) is 3. The van der Waals surface area contributed by atoms with Crippen LogP contribution < -0.4 is 16.0 Å². The first-order valence-electron chi connectivity index (χ1n) is 7.84. The molecule has 0 spiro atoms. The van der Waals surface area contributed by atoms with Gasteiger partial charge in [-0.1, -0.05) is 0 Å². The SMILES string of the molecule is COC(=O)Nc1ccc(N[C@@H](C)C(=O)Nc2c(C)nn(C)c2C)cc1. The molecule has 2 rings (SSSR count). The fourth-order valence-electron chi connectivity index (χ4n) is 2.32. The van der Waals surface area contributed by atoms with E-state index in [4.69, 9.17) is 0 Å². The summed E-state index contributed by atoms with van der Waals surface area (Å²) in [6, 6.07) is 6.54. The highest BCUT2D eigenvalue weighted by Crippen LogP contribution is 2.19. The predicted molar refractivity (Wildman–Crippen MR) is 96.9 cm³/mol. The lowest BCUT2D eigenvalue weighted by molar-refractivity contribution is -0.116. The van der Waals surface area contributed by atoms with E-state index < -0.39 is 12.1 Å². The molecule has 0 saturated carbocycles. The summed E-state index contributed by atoms with van der Waals surface area (Å²) in [6.07, 6.45) is -0.532. The Balaban J connectivity index is 1.97. The quantitative estimate of drug-likeness (QED) is 0.774. The molecule has 0 radical (unpaired) electrons. The minimum Gasteiger partial charge on any atom is -0.453 e. The number of anilines is 3. The van der Waals surface area contributed by atoms with Gasteiger partial charge in [-0.3, -0.25) is 14.8 Å². The maximum Gasteiger partial charge on any atom is 0.411 e. The van der Waals surface area contributed by atoms with E-state index >= 15 is 0 Å². The van der Waals surface area contributed by atoms with Gasteiger partial charge >= 0.3 is 6.09 Å². The number of rotatable bonds is 5. The van der Waals surface area contributed by atoms with Crippen molar-refractivity contribution in [2.75, 3.05) is 23.1 Å². The van der Waals surface area contributed by atoms with Gasteiger partial charge in [-0.05, 0) is 45.0 Å². The third-order valence-corrected chi connectivity index (χ3v) is 3.85. The van der Waals surface area contributed by atoms with E-state index in [9.17, 15) is 9.59 Å². The molecule has 0 saturated heterocycles. The third-order valence-electron chi connectivity index (χ3n) is 3.85. The third kappa shape index (κ3) is 4.50. The molecule has 1 aromatic carbocycles. The Bertz CT molecular complexity index is 767. The van der Waals surface area contributed by atoms with Crippen LogP contribution in [-0.2, 0) is 16.6 Å². The monoisotopic (exact) mass is 345 g/mol. The number of amides is 2. The van der Waals surface area contributed by atoms with Gasteiger partial charge in [0, 0.05) is 18.4 Å². The number of benzene rings is 1. The highest BCUT2D eigenvalue weighted by atomic mass is 16.5. The van der Waals surface area contributed by atoms with Crippen molar-refractivity contribution >= 4 is 29.1 Å². The van der Waals surface area contributed by atoms with Crippen molar-refractivity contribution in [3.05, 3.63) is 35.7 Å². The highest BCUT2D eigenvalue weighted by Gasteiger charge is 2.17. The van der Waals surface area contributed by atoms with Gasteiger partial charge in [-0.25, -0.2) is 4.79 Å². The van der Waals surface area contributed by atoms with Gasteiger partial charge in [0.25, 0.3) is 0 Å². The number of methoxy groups -OCH3 is 1. The summed E-state index contributed by atoms with van der Waals surface area (Å²) in [7, 11) is 3.14. The molecule has 25 heavy (non-hydrogen) atoms. The summed E-state index contributed by atoms with van der Waals surface area (Å²) in [6.45, 7) is 5.53. The number of carbonyl (C=O) groups excluding carboxylic acids is 2. The van der Waals surface area contributed by atoms with Crippen molar-refractivity contribution in [1.29, 1.82) is 0 Å². The van der Waals surface area contributed by atoms with Crippen LogP contribution in [0.4, 0.5) is 21.9 Å². The Hall–Kier alpha value is -3.03. The van der Waals surface area contributed by atoms with Crippen molar-refractivity contribution in [3.63, 3.8) is 0 Å². The fraction of sp³-hybridized carbons (Fsp3) is 0.353. The number of nitrogens with zero attached hydrogens (tertiary/aromatic N) is 2. The Morgan fingerprint density at radius 2 is 1.72 bits per heavy atom. The summed E-state index contributed by atoms with van der Waals surface area (Å²) in [5, 5.41) is 12.9. The standard InChI is InChI=1S/C17H23N5O3/c1-10-15(12(3)22(4)21-10)20-16(23)11(2)18-13-6-8-14(9-7-13)19-17(24)25-5/h6-9,11,18H,1-5H3,(H,19,24)(H,20,23)/t11-/m0/s1. The van der Waals surface area contributed by atoms with Crippen LogP contribution >= 0.6 is 0 Å². The first-order chi connectivity index (χ1) is 11.8. The number of ether oxygens (including phenoxy) is 1. The summed E-state index contributed by atoms with van der Waals surface area (Å²) in [5.74, 6) is -0.157. The lowest BCUT2D eigenvalue weighted by atomic mass is 10.2. The highest BCUT2D eigenvalue weighted by molar-refractivity contribution is 5.97. The number of aryl methyl sites for hydroxylation is 2. The van der Waals surface area contributed by atoms with Crippen LogP contribution in [0.5, 0.6) is 0 Å². The Morgan fingerprint density at radius 3 is 2.24 bits per heavy atom. The summed E-state index contributed by atoms with van der Waals surface area (Å²) < 4.78 is 6.26. The average Bonchev–Trinajstić information content (AvgIpc) is 2.82. The normalized spacial score (nSPS) is 11.6. The van der Waals surface area contributed by atoms with E-state index in [0.29, 0.717) is 5.69 Å². The average molecular weight is 345 g/mol. The van der Waals surface area contributed by atoms with E-state index in [1.807, 2.05) is 20.9 Å². The van der Waals surface area contributed by atoms with E-state index in [2.05, 4.69) is 25.8 Å². The van der Waals surface area contributed by atoms with E-state index in [-0.39, 0.29) is 5.91 Å². The molecular formula is C17H23N5O3. The molecule has 0 aliphatic heterocycles. The van der Waals surface area contributed by atoms with E-state index in [1.165, 1.54) is 7.11 Å². The van der Waals surface area contributed by atoms with Gasteiger partial charge in [0.15, 0.2) is 0 Å². The van der Waals surface area contributed by atoms with Crippen molar-refractivity contribution in [2.24, 2.45) is 7.05 Å². The summed E-state index contributed by atoms with van der Waals surface area (Å²) in [4.78, 5) is 23.6. The van der Waals surface area contributed by atoms with Gasteiger partial charge in [-0.15, -0.1) is 0 Å². The van der Waals surface area contributed by atoms with Gasteiger partial charge < -0.3 is 15.4 Å². The largest absolute Gasteiger partial charge is 0.453 e. The number of nitrogens with one attached hydrogen (secondary N) is 3. The number of aromatic nitrogens is 2. The zero-order valence-corrected chi connectivity index (χ0v) is 15.0. The number of hydrogen-bond acceptors (Lipinski definition) is 5. The maximum absolute atomic E-state index is 12.4. The number of carbonyl (C=O) groups is 2. The van der Waals surface area contributed by atoms with Crippen LogP contribution in [0.2, 0.25) is 0 Å². The maximum atomic E-state index is 12.4. The zero-order valence-electron chi connectivity index (χ0n) is 15.0. The fourth-order valence-corrected chi connectivity index (χ4v) is 2.32. The summed E-state index contributed by atoms with van der Waals surface area (Å²) >= 11 is 0. The molecule has 0 aliphatic carbocycles. The van der Waals surface area contributed by atoms with Crippen LogP contribution in [-0.4, -0.2) is 34.9 Å². The first kappa shape index (κ1) is 18.3. The molecular weight excluding hydrogens is 322 g/mol. The molecule has 0 fully saturated rings. The van der Waals surface area contributed by atoms with Gasteiger partial charge in [0.2, 0.25) is 5.91 Å². The molecule has 2 aromatic rings. The topological polar surface area (TPSA) is 97.3 Å². The summed E-state index contributed by atoms with van der Waals surface area (Å²) in [5.41, 5.74) is 3.78. The lowest BCUT2D eigenvalue weighted by Crippen LogP contribution is -2.32. The van der Waals surface area contributed by atoms with E-state index in [0.717, 1.165) is 22.8 Å². The second kappa shape index (κ2) is 7.69. The smallest absolute Gasteiger partial charge is 0.411 e. The molecule has 1 aromatic heterocycles. The second-order valence-corrected chi connectivity index (χ2v) is 5.72. The Morgan fingerprint density at radius 1 is 1.12 bits per heavy atom. The van der Waals surface area contributed by atoms with Crippen molar-refractivity contribution < 1.29 is 14.3 Å². The molecule has 2 amide bonds.